The Morgan fingerprint density at radius 2 is 1.52 bits per heavy atom. The van der Waals surface area contributed by atoms with E-state index in [1.54, 1.807) is 6.26 Å². The van der Waals surface area contributed by atoms with Gasteiger partial charge >= 0.3 is 0 Å². The minimum Gasteiger partial charge on any atom is -0.379 e. The monoisotopic (exact) mass is 323 g/mol. The van der Waals surface area contributed by atoms with E-state index < -0.39 is 10.8 Å². The van der Waals surface area contributed by atoms with Crippen molar-refractivity contribution in [1.82, 2.24) is 5.32 Å². The van der Waals surface area contributed by atoms with Crippen LogP contribution in [0.3, 0.4) is 0 Å². The molecule has 0 aliphatic rings. The first kappa shape index (κ1) is 21.0. The summed E-state index contributed by atoms with van der Waals surface area (Å²) in [5.74, 6) is 0. The van der Waals surface area contributed by atoms with Crippen molar-refractivity contribution >= 4 is 10.8 Å². The summed E-state index contributed by atoms with van der Waals surface area (Å²) in [5.41, 5.74) is 0. The second-order valence-corrected chi connectivity index (χ2v) is 6.84. The molecule has 0 aromatic carbocycles. The van der Waals surface area contributed by atoms with E-state index >= 15 is 0 Å². The Labute approximate surface area is 132 Å². The van der Waals surface area contributed by atoms with Crippen LogP contribution in [0.25, 0.3) is 0 Å². The zero-order valence-electron chi connectivity index (χ0n) is 13.9. The molecule has 0 amide bonds. The van der Waals surface area contributed by atoms with E-state index in [1.807, 2.05) is 6.92 Å². The van der Waals surface area contributed by atoms with Crippen molar-refractivity contribution in [3.63, 3.8) is 0 Å². The SMILES string of the molecule is CCCCOCCOCCOCCNCCC(C)S(C)=O. The molecular weight excluding hydrogens is 290 g/mol. The molecule has 6 heteroatoms. The smallest absolute Gasteiger partial charge is 0.0701 e. The van der Waals surface area contributed by atoms with Gasteiger partial charge in [-0.3, -0.25) is 4.21 Å². The Balaban J connectivity index is 3.04. The molecule has 128 valence electrons. The summed E-state index contributed by atoms with van der Waals surface area (Å²) < 4.78 is 27.4. The van der Waals surface area contributed by atoms with Crippen LogP contribution in [0.2, 0.25) is 0 Å². The highest BCUT2D eigenvalue weighted by Crippen LogP contribution is 1.96. The summed E-state index contributed by atoms with van der Waals surface area (Å²) in [6.45, 7) is 9.91. The van der Waals surface area contributed by atoms with Crippen molar-refractivity contribution in [3.8, 4) is 0 Å². The van der Waals surface area contributed by atoms with Crippen molar-refractivity contribution in [2.45, 2.75) is 38.4 Å². The van der Waals surface area contributed by atoms with Crippen LogP contribution >= 0.6 is 0 Å². The number of nitrogens with one attached hydrogen (secondary N) is 1. The average molecular weight is 323 g/mol. The average Bonchev–Trinajstić information content (AvgIpc) is 2.47. The fraction of sp³-hybridized carbons (Fsp3) is 1.00. The van der Waals surface area contributed by atoms with Gasteiger partial charge in [0, 0.05) is 35.5 Å². The maximum atomic E-state index is 11.1. The van der Waals surface area contributed by atoms with Crippen molar-refractivity contribution in [1.29, 1.82) is 0 Å². The molecule has 0 spiro atoms. The van der Waals surface area contributed by atoms with Crippen LogP contribution in [0.5, 0.6) is 0 Å². The molecule has 0 rings (SSSR count). The van der Waals surface area contributed by atoms with E-state index in [9.17, 15) is 4.21 Å². The van der Waals surface area contributed by atoms with Crippen LogP contribution in [0.1, 0.15) is 33.1 Å². The van der Waals surface area contributed by atoms with Crippen LogP contribution in [0.15, 0.2) is 0 Å². The summed E-state index contributed by atoms with van der Waals surface area (Å²) >= 11 is 0. The van der Waals surface area contributed by atoms with Gasteiger partial charge in [-0.1, -0.05) is 20.3 Å². The van der Waals surface area contributed by atoms with E-state index in [4.69, 9.17) is 14.2 Å². The van der Waals surface area contributed by atoms with Crippen LogP contribution in [0, 0.1) is 0 Å². The maximum Gasteiger partial charge on any atom is 0.0701 e. The predicted molar refractivity (Wildman–Crippen MR) is 88.4 cm³/mol. The van der Waals surface area contributed by atoms with Crippen molar-refractivity contribution in [2.24, 2.45) is 0 Å². The highest BCUT2D eigenvalue weighted by molar-refractivity contribution is 7.84. The van der Waals surface area contributed by atoms with E-state index in [2.05, 4.69) is 12.2 Å². The lowest BCUT2D eigenvalue weighted by molar-refractivity contribution is 0.0147. The summed E-state index contributed by atoms with van der Waals surface area (Å²) in [5, 5.41) is 3.54. The van der Waals surface area contributed by atoms with Gasteiger partial charge in [-0.05, 0) is 19.4 Å². The van der Waals surface area contributed by atoms with Gasteiger partial charge in [0.15, 0.2) is 0 Å². The Kier molecular flexibility index (Phi) is 16.4. The highest BCUT2D eigenvalue weighted by atomic mass is 32.2. The second-order valence-electron chi connectivity index (χ2n) is 5.04. The summed E-state index contributed by atoms with van der Waals surface area (Å²) in [4.78, 5) is 0. The maximum absolute atomic E-state index is 11.1. The van der Waals surface area contributed by atoms with Gasteiger partial charge in [0.2, 0.25) is 0 Å². The lowest BCUT2D eigenvalue weighted by Gasteiger charge is -2.09. The number of hydrogen-bond donors (Lipinski definition) is 1. The van der Waals surface area contributed by atoms with Crippen LogP contribution in [-0.2, 0) is 25.0 Å². The van der Waals surface area contributed by atoms with E-state index in [0.29, 0.717) is 33.0 Å². The molecule has 0 heterocycles. The van der Waals surface area contributed by atoms with Gasteiger partial charge in [-0.2, -0.15) is 0 Å². The Hall–Kier alpha value is -0.0100. The van der Waals surface area contributed by atoms with Gasteiger partial charge in [0.1, 0.15) is 0 Å². The molecule has 0 radical (unpaired) electrons. The zero-order valence-corrected chi connectivity index (χ0v) is 14.7. The summed E-state index contributed by atoms with van der Waals surface area (Å²) in [6, 6.07) is 0. The van der Waals surface area contributed by atoms with Crippen molar-refractivity contribution < 1.29 is 18.4 Å². The Bertz CT molecular complexity index is 242. The van der Waals surface area contributed by atoms with Gasteiger partial charge in [0.05, 0.1) is 33.0 Å². The number of ether oxygens (including phenoxy) is 3. The lowest BCUT2D eigenvalue weighted by Crippen LogP contribution is -2.25. The molecule has 0 aromatic heterocycles. The number of hydrogen-bond acceptors (Lipinski definition) is 5. The van der Waals surface area contributed by atoms with Gasteiger partial charge in [-0.25, -0.2) is 0 Å². The molecule has 21 heavy (non-hydrogen) atoms. The summed E-state index contributed by atoms with van der Waals surface area (Å²) in [7, 11) is -0.725. The van der Waals surface area contributed by atoms with Gasteiger partial charge < -0.3 is 19.5 Å². The third-order valence-corrected chi connectivity index (χ3v) is 4.47. The molecule has 0 aliphatic carbocycles. The predicted octanol–water partition coefficient (Wildman–Crippen LogP) is 1.58. The first-order valence-corrected chi connectivity index (χ1v) is 9.56. The van der Waals surface area contributed by atoms with Crippen molar-refractivity contribution in [2.75, 3.05) is 59.0 Å². The van der Waals surface area contributed by atoms with Gasteiger partial charge in [-0.15, -0.1) is 0 Å². The molecule has 0 saturated carbocycles. The van der Waals surface area contributed by atoms with Crippen molar-refractivity contribution in [3.05, 3.63) is 0 Å². The van der Waals surface area contributed by atoms with E-state index in [0.717, 1.165) is 39.0 Å². The molecule has 0 aliphatic heterocycles. The third-order valence-electron chi connectivity index (χ3n) is 3.10. The molecule has 1 N–H and O–H groups in total. The lowest BCUT2D eigenvalue weighted by atomic mass is 10.3. The second kappa shape index (κ2) is 16.4. The normalized spacial score (nSPS) is 14.2. The molecule has 2 atom stereocenters. The molecule has 0 saturated heterocycles. The first-order chi connectivity index (χ1) is 10.2. The van der Waals surface area contributed by atoms with E-state index in [1.165, 1.54) is 0 Å². The fourth-order valence-corrected chi connectivity index (χ4v) is 1.98. The largest absolute Gasteiger partial charge is 0.379 e. The Morgan fingerprint density at radius 1 is 0.952 bits per heavy atom. The third kappa shape index (κ3) is 16.2. The van der Waals surface area contributed by atoms with E-state index in [-0.39, 0.29) is 5.25 Å². The minimum atomic E-state index is -0.725. The molecule has 2 unspecified atom stereocenters. The molecule has 0 aromatic rings. The minimum absolute atomic E-state index is 0.256. The highest BCUT2D eigenvalue weighted by Gasteiger charge is 2.04. The quantitative estimate of drug-likeness (QED) is 0.437. The molecular formula is C15H33NO4S. The topological polar surface area (TPSA) is 56.8 Å². The standard InChI is InChI=1S/C15H33NO4S/c1-4-5-9-18-11-13-20-14-12-19-10-8-16-7-6-15(2)21(3)17/h15-16H,4-14H2,1-3H3. The number of rotatable bonds is 16. The van der Waals surface area contributed by atoms with Crippen LogP contribution in [-0.4, -0.2) is 68.4 Å². The molecule has 0 bridgehead atoms. The molecule has 5 nitrogen and oxygen atoms in total. The zero-order chi connectivity index (χ0) is 15.8. The molecule has 0 fully saturated rings. The van der Waals surface area contributed by atoms with Gasteiger partial charge in [0.25, 0.3) is 0 Å². The first-order valence-electron chi connectivity index (χ1n) is 7.94. The van der Waals surface area contributed by atoms with Crippen LogP contribution < -0.4 is 5.32 Å². The number of unbranched alkanes of at least 4 members (excludes halogenated alkanes) is 1. The summed E-state index contributed by atoms with van der Waals surface area (Å²) in [6.07, 6.45) is 4.97. The van der Waals surface area contributed by atoms with Crippen LogP contribution in [0.4, 0.5) is 0 Å². The fourth-order valence-electron chi connectivity index (χ4n) is 1.53. The Morgan fingerprint density at radius 3 is 2.10 bits per heavy atom.